The van der Waals surface area contributed by atoms with Crippen LogP contribution in [0, 0.1) is 0 Å². The Labute approximate surface area is 90.8 Å². The first-order chi connectivity index (χ1) is 6.89. The molecule has 0 aliphatic rings. The van der Waals surface area contributed by atoms with Gasteiger partial charge in [0.05, 0.1) is 5.69 Å². The maximum Gasteiger partial charge on any atom is 0.168 e. The van der Waals surface area contributed by atoms with E-state index in [9.17, 15) is 0 Å². The molecule has 1 aromatic rings. The molecule has 0 atom stereocenters. The van der Waals surface area contributed by atoms with Gasteiger partial charge in [-0.2, -0.15) is 10.2 Å². The fourth-order valence-corrected chi connectivity index (χ4v) is 0.961. The summed E-state index contributed by atoms with van der Waals surface area (Å²) in [5, 5.41) is 12.2. The molecule has 0 saturated heterocycles. The molecule has 0 aliphatic heterocycles. The van der Waals surface area contributed by atoms with E-state index in [0.717, 1.165) is 11.4 Å². The van der Waals surface area contributed by atoms with Gasteiger partial charge < -0.3 is 0 Å². The molecule has 0 aliphatic carbocycles. The van der Waals surface area contributed by atoms with E-state index in [1.54, 1.807) is 0 Å². The molecule has 0 unspecified atom stereocenters. The Morgan fingerprint density at radius 1 is 1.20 bits per heavy atom. The second-order valence-electron chi connectivity index (χ2n) is 4.72. The van der Waals surface area contributed by atoms with E-state index in [1.807, 2.05) is 26.0 Å². The highest BCUT2D eigenvalue weighted by Gasteiger charge is 2.15. The van der Waals surface area contributed by atoms with Crippen LogP contribution in [-0.2, 0) is 5.41 Å². The second kappa shape index (κ2) is 4.38. The van der Waals surface area contributed by atoms with Crippen molar-refractivity contribution in [2.24, 2.45) is 5.10 Å². The summed E-state index contributed by atoms with van der Waals surface area (Å²) in [4.78, 5) is 0. The lowest BCUT2D eigenvalue weighted by atomic mass is 9.92. The molecule has 0 spiro atoms. The number of anilines is 1. The minimum absolute atomic E-state index is 0.0372. The largest absolute Gasteiger partial charge is 0.260 e. The third-order valence-corrected chi connectivity index (χ3v) is 1.83. The first kappa shape index (κ1) is 11.6. The number of hydrogen-bond acceptors (Lipinski definition) is 4. The fraction of sp³-hybridized carbons (Fsp3) is 0.545. The molecule has 15 heavy (non-hydrogen) atoms. The zero-order valence-electron chi connectivity index (χ0n) is 10.00. The molecular weight excluding hydrogens is 188 g/mol. The first-order valence-electron chi connectivity index (χ1n) is 5.01. The van der Waals surface area contributed by atoms with Crippen molar-refractivity contribution in [2.75, 3.05) is 5.43 Å². The van der Waals surface area contributed by atoms with Gasteiger partial charge in [-0.25, -0.2) is 0 Å². The van der Waals surface area contributed by atoms with E-state index >= 15 is 0 Å². The van der Waals surface area contributed by atoms with Crippen molar-refractivity contribution in [1.29, 1.82) is 0 Å². The topological polar surface area (TPSA) is 50.2 Å². The zero-order valence-corrected chi connectivity index (χ0v) is 10.00. The fourth-order valence-electron chi connectivity index (χ4n) is 0.961. The Hall–Kier alpha value is -1.45. The van der Waals surface area contributed by atoms with Gasteiger partial charge in [0.15, 0.2) is 5.82 Å². The van der Waals surface area contributed by atoms with Crippen molar-refractivity contribution in [3.8, 4) is 0 Å². The number of hydrazone groups is 1. The van der Waals surface area contributed by atoms with Crippen molar-refractivity contribution < 1.29 is 0 Å². The van der Waals surface area contributed by atoms with E-state index in [-0.39, 0.29) is 5.41 Å². The van der Waals surface area contributed by atoms with Crippen LogP contribution in [0.25, 0.3) is 0 Å². The summed E-state index contributed by atoms with van der Waals surface area (Å²) in [6.07, 6.45) is 0. The number of rotatable bonds is 2. The highest BCUT2D eigenvalue weighted by molar-refractivity contribution is 5.79. The molecule has 82 valence electrons. The van der Waals surface area contributed by atoms with Gasteiger partial charge in [0.2, 0.25) is 0 Å². The molecule has 1 rings (SSSR count). The Kier molecular flexibility index (Phi) is 3.39. The summed E-state index contributed by atoms with van der Waals surface area (Å²) in [6, 6.07) is 3.86. The van der Waals surface area contributed by atoms with Crippen LogP contribution in [0.5, 0.6) is 0 Å². The van der Waals surface area contributed by atoms with E-state index in [2.05, 4.69) is 41.5 Å². The minimum Gasteiger partial charge on any atom is -0.260 e. The van der Waals surface area contributed by atoms with Gasteiger partial charge in [-0.15, -0.1) is 5.10 Å². The van der Waals surface area contributed by atoms with Crippen LogP contribution in [-0.4, -0.2) is 15.9 Å². The molecule has 0 bridgehead atoms. The molecule has 0 amide bonds. The first-order valence-corrected chi connectivity index (χ1v) is 5.01. The van der Waals surface area contributed by atoms with E-state index in [1.165, 1.54) is 0 Å². The molecule has 4 nitrogen and oxygen atoms in total. The lowest BCUT2D eigenvalue weighted by Gasteiger charge is -2.16. The molecule has 0 radical (unpaired) electrons. The van der Waals surface area contributed by atoms with Gasteiger partial charge in [-0.3, -0.25) is 5.43 Å². The van der Waals surface area contributed by atoms with Crippen LogP contribution in [0.4, 0.5) is 5.82 Å². The smallest absolute Gasteiger partial charge is 0.168 e. The lowest BCUT2D eigenvalue weighted by molar-refractivity contribution is 0.559. The number of aromatic nitrogens is 2. The summed E-state index contributed by atoms with van der Waals surface area (Å²) >= 11 is 0. The van der Waals surface area contributed by atoms with Crippen LogP contribution >= 0.6 is 0 Å². The van der Waals surface area contributed by atoms with Crippen molar-refractivity contribution in [2.45, 2.75) is 40.0 Å². The molecule has 4 heteroatoms. The van der Waals surface area contributed by atoms with Gasteiger partial charge in [-0.1, -0.05) is 20.8 Å². The molecule has 0 aromatic carbocycles. The lowest BCUT2D eigenvalue weighted by Crippen LogP contribution is -2.14. The van der Waals surface area contributed by atoms with Gasteiger partial charge in [-0.05, 0) is 26.0 Å². The predicted octanol–water partition coefficient (Wildman–Crippen LogP) is 2.58. The average molecular weight is 206 g/mol. The third-order valence-electron chi connectivity index (χ3n) is 1.83. The van der Waals surface area contributed by atoms with Crippen LogP contribution in [0.1, 0.15) is 40.3 Å². The highest BCUT2D eigenvalue weighted by Crippen LogP contribution is 2.19. The Morgan fingerprint density at radius 3 is 2.27 bits per heavy atom. The molecular formula is C11H18N4. The molecule has 0 fully saturated rings. The molecule has 0 saturated carbocycles. The Morgan fingerprint density at radius 2 is 1.87 bits per heavy atom. The average Bonchev–Trinajstić information content (AvgIpc) is 2.14. The number of hydrogen-bond donors (Lipinski definition) is 1. The summed E-state index contributed by atoms with van der Waals surface area (Å²) < 4.78 is 0. The summed E-state index contributed by atoms with van der Waals surface area (Å²) in [5.41, 5.74) is 4.81. The van der Waals surface area contributed by atoms with Crippen LogP contribution in [0.15, 0.2) is 17.2 Å². The maximum atomic E-state index is 4.15. The summed E-state index contributed by atoms with van der Waals surface area (Å²) in [6.45, 7) is 10.2. The third kappa shape index (κ3) is 3.65. The molecule has 1 heterocycles. The number of nitrogens with zero attached hydrogens (tertiary/aromatic N) is 3. The summed E-state index contributed by atoms with van der Waals surface area (Å²) in [7, 11) is 0. The molecule has 1 N–H and O–H groups in total. The standard InChI is InChI=1S/C11H18N4/c1-8(2)12-14-10-7-6-9(13-15-10)11(3,4)5/h6-7H,1-5H3,(H,14,15). The SMILES string of the molecule is CC(C)=NNc1ccc(C(C)(C)C)nn1. The van der Waals surface area contributed by atoms with E-state index < -0.39 is 0 Å². The van der Waals surface area contributed by atoms with Gasteiger partial charge in [0.25, 0.3) is 0 Å². The van der Waals surface area contributed by atoms with Gasteiger partial charge in [0.1, 0.15) is 0 Å². The predicted molar refractivity (Wildman–Crippen MR) is 63.1 cm³/mol. The van der Waals surface area contributed by atoms with Crippen LogP contribution < -0.4 is 5.43 Å². The van der Waals surface area contributed by atoms with Crippen molar-refractivity contribution in [3.63, 3.8) is 0 Å². The quantitative estimate of drug-likeness (QED) is 0.597. The zero-order chi connectivity index (χ0) is 11.5. The second-order valence-corrected chi connectivity index (χ2v) is 4.72. The van der Waals surface area contributed by atoms with E-state index in [4.69, 9.17) is 0 Å². The van der Waals surface area contributed by atoms with Crippen molar-refractivity contribution in [1.82, 2.24) is 10.2 Å². The van der Waals surface area contributed by atoms with Crippen LogP contribution in [0.2, 0.25) is 0 Å². The number of nitrogens with one attached hydrogen (secondary N) is 1. The van der Waals surface area contributed by atoms with Gasteiger partial charge in [0, 0.05) is 11.1 Å². The highest BCUT2D eigenvalue weighted by atomic mass is 15.3. The Bertz CT molecular complexity index is 342. The normalized spacial score (nSPS) is 11.0. The maximum absolute atomic E-state index is 4.15. The Balaban J connectivity index is 2.77. The monoisotopic (exact) mass is 206 g/mol. The molecule has 1 aromatic heterocycles. The van der Waals surface area contributed by atoms with Gasteiger partial charge >= 0.3 is 0 Å². The summed E-state index contributed by atoms with van der Waals surface area (Å²) in [5.74, 6) is 0.671. The minimum atomic E-state index is 0.0372. The van der Waals surface area contributed by atoms with Crippen molar-refractivity contribution in [3.05, 3.63) is 17.8 Å². The van der Waals surface area contributed by atoms with Crippen LogP contribution in [0.3, 0.4) is 0 Å². The van der Waals surface area contributed by atoms with E-state index in [0.29, 0.717) is 5.82 Å². The van der Waals surface area contributed by atoms with Crippen molar-refractivity contribution >= 4 is 11.5 Å².